The van der Waals surface area contributed by atoms with Crippen LogP contribution >= 0.6 is 0 Å². The van der Waals surface area contributed by atoms with Crippen LogP contribution in [0.3, 0.4) is 0 Å². The molecule has 0 bridgehead atoms. The van der Waals surface area contributed by atoms with Crippen LogP contribution in [0.25, 0.3) is 0 Å². The van der Waals surface area contributed by atoms with Crippen LogP contribution in [0.15, 0.2) is 18.2 Å². The molecule has 0 aromatic heterocycles. The van der Waals surface area contributed by atoms with Crippen molar-refractivity contribution in [2.24, 2.45) is 5.92 Å². The first-order valence-corrected chi connectivity index (χ1v) is 5.51. The average Bonchev–Trinajstić information content (AvgIpc) is 2.78. The van der Waals surface area contributed by atoms with E-state index in [9.17, 15) is 9.90 Å². The van der Waals surface area contributed by atoms with E-state index in [4.69, 9.17) is 10.2 Å². The first-order chi connectivity index (χ1) is 8.13. The molecule has 5 heteroatoms. The minimum absolute atomic E-state index is 0.0542. The van der Waals surface area contributed by atoms with Gasteiger partial charge in [0.05, 0.1) is 12.5 Å². The normalized spacial score (nSPS) is 23.8. The number of aliphatic hydroxyl groups is 1. The Bertz CT molecular complexity index is 433. The van der Waals surface area contributed by atoms with Crippen molar-refractivity contribution < 1.29 is 20.1 Å². The number of nitrogens with one attached hydrogen (secondary N) is 1. The summed E-state index contributed by atoms with van der Waals surface area (Å²) in [6, 6.07) is 4.97. The molecule has 2 atom stereocenters. The number of rotatable bonds is 3. The third kappa shape index (κ3) is 2.25. The highest BCUT2D eigenvalue weighted by Crippen LogP contribution is 2.34. The van der Waals surface area contributed by atoms with Crippen LogP contribution < -0.4 is 5.32 Å². The van der Waals surface area contributed by atoms with Crippen molar-refractivity contribution in [2.75, 3.05) is 6.54 Å². The number of carboxylic acid groups (broad SMARTS) is 1. The van der Waals surface area contributed by atoms with Crippen LogP contribution in [-0.4, -0.2) is 27.8 Å². The second-order valence-corrected chi connectivity index (χ2v) is 4.24. The second kappa shape index (κ2) is 4.73. The van der Waals surface area contributed by atoms with Crippen molar-refractivity contribution >= 4 is 5.97 Å². The van der Waals surface area contributed by atoms with E-state index in [1.807, 2.05) is 0 Å². The number of hydrogen-bond donors (Lipinski definition) is 4. The number of aliphatic hydroxyl groups excluding tert-OH is 1. The summed E-state index contributed by atoms with van der Waals surface area (Å²) < 4.78 is 0. The summed E-state index contributed by atoms with van der Waals surface area (Å²) in [6.07, 6.45) is 0.456. The van der Waals surface area contributed by atoms with Crippen LogP contribution in [0.4, 0.5) is 0 Å². The van der Waals surface area contributed by atoms with Gasteiger partial charge in [0.2, 0.25) is 0 Å². The Morgan fingerprint density at radius 3 is 2.82 bits per heavy atom. The van der Waals surface area contributed by atoms with Gasteiger partial charge in [0.15, 0.2) is 0 Å². The molecule has 0 amide bonds. The Labute approximate surface area is 98.7 Å². The number of phenols is 1. The van der Waals surface area contributed by atoms with Crippen molar-refractivity contribution in [3.8, 4) is 5.75 Å². The standard InChI is InChI=1S/C12H15NO4/c14-6-7-2-1-3-9(11(7)15)10-4-8(5-13-10)12(16)17/h1-3,8,10,13-15H,4-6H2,(H,16,17). The molecule has 1 fully saturated rings. The fraction of sp³-hybridized carbons (Fsp3) is 0.417. The Morgan fingerprint density at radius 2 is 2.24 bits per heavy atom. The van der Waals surface area contributed by atoms with Gasteiger partial charge in [0.25, 0.3) is 0 Å². The zero-order valence-electron chi connectivity index (χ0n) is 9.26. The predicted octanol–water partition coefficient (Wildman–Crippen LogP) is 0.620. The Morgan fingerprint density at radius 1 is 1.47 bits per heavy atom. The summed E-state index contributed by atoms with van der Waals surface area (Å²) in [4.78, 5) is 10.8. The van der Waals surface area contributed by atoms with Gasteiger partial charge in [-0.15, -0.1) is 0 Å². The lowest BCUT2D eigenvalue weighted by Crippen LogP contribution is -2.17. The summed E-state index contributed by atoms with van der Waals surface area (Å²) >= 11 is 0. The molecular weight excluding hydrogens is 222 g/mol. The minimum atomic E-state index is -0.821. The summed E-state index contributed by atoms with van der Waals surface area (Å²) in [6.45, 7) is 0.178. The monoisotopic (exact) mass is 237 g/mol. The lowest BCUT2D eigenvalue weighted by atomic mass is 9.97. The smallest absolute Gasteiger partial charge is 0.307 e. The molecule has 0 radical (unpaired) electrons. The van der Waals surface area contributed by atoms with Crippen molar-refractivity contribution in [1.29, 1.82) is 0 Å². The van der Waals surface area contributed by atoms with Crippen LogP contribution in [0.5, 0.6) is 5.75 Å². The quantitative estimate of drug-likeness (QED) is 0.618. The fourth-order valence-electron chi connectivity index (χ4n) is 2.18. The minimum Gasteiger partial charge on any atom is -0.507 e. The molecule has 92 valence electrons. The maximum atomic E-state index is 10.8. The average molecular weight is 237 g/mol. The van der Waals surface area contributed by atoms with Crippen LogP contribution in [0, 0.1) is 5.92 Å². The molecule has 1 aromatic rings. The first kappa shape index (κ1) is 11.9. The summed E-state index contributed by atoms with van der Waals surface area (Å²) in [5.74, 6) is -1.19. The number of para-hydroxylation sites is 1. The largest absolute Gasteiger partial charge is 0.507 e. The first-order valence-electron chi connectivity index (χ1n) is 5.51. The SMILES string of the molecule is O=C(O)C1CNC(c2cccc(CO)c2O)C1. The van der Waals surface area contributed by atoms with E-state index >= 15 is 0 Å². The molecule has 5 nitrogen and oxygen atoms in total. The lowest BCUT2D eigenvalue weighted by Gasteiger charge is -2.14. The Kier molecular flexibility index (Phi) is 3.31. The van der Waals surface area contributed by atoms with Gasteiger partial charge < -0.3 is 20.6 Å². The van der Waals surface area contributed by atoms with Gasteiger partial charge in [0.1, 0.15) is 5.75 Å². The molecule has 1 aliphatic rings. The van der Waals surface area contributed by atoms with E-state index in [-0.39, 0.29) is 18.4 Å². The van der Waals surface area contributed by atoms with E-state index in [0.29, 0.717) is 24.1 Å². The van der Waals surface area contributed by atoms with Crippen molar-refractivity contribution in [2.45, 2.75) is 19.1 Å². The van der Waals surface area contributed by atoms with E-state index in [2.05, 4.69) is 5.32 Å². The topological polar surface area (TPSA) is 89.8 Å². The Hall–Kier alpha value is -1.59. The Balaban J connectivity index is 2.22. The predicted molar refractivity (Wildman–Crippen MR) is 60.5 cm³/mol. The van der Waals surface area contributed by atoms with E-state index in [1.54, 1.807) is 18.2 Å². The molecule has 0 saturated carbocycles. The highest BCUT2D eigenvalue weighted by molar-refractivity contribution is 5.71. The summed E-state index contributed by atoms with van der Waals surface area (Å²) in [5.41, 5.74) is 1.11. The number of aromatic hydroxyl groups is 1. The molecule has 0 aliphatic carbocycles. The third-order valence-corrected chi connectivity index (χ3v) is 3.18. The summed E-state index contributed by atoms with van der Waals surface area (Å²) in [7, 11) is 0. The van der Waals surface area contributed by atoms with Crippen LogP contribution in [-0.2, 0) is 11.4 Å². The highest BCUT2D eigenvalue weighted by Gasteiger charge is 2.31. The van der Waals surface area contributed by atoms with Gasteiger partial charge in [-0.3, -0.25) is 4.79 Å². The van der Waals surface area contributed by atoms with Gasteiger partial charge >= 0.3 is 5.97 Å². The number of hydrogen-bond acceptors (Lipinski definition) is 4. The molecule has 2 rings (SSSR count). The zero-order valence-corrected chi connectivity index (χ0v) is 9.26. The van der Waals surface area contributed by atoms with Crippen molar-refractivity contribution in [3.63, 3.8) is 0 Å². The second-order valence-electron chi connectivity index (χ2n) is 4.24. The molecule has 17 heavy (non-hydrogen) atoms. The van der Waals surface area contributed by atoms with Crippen LogP contribution in [0.1, 0.15) is 23.6 Å². The molecule has 2 unspecified atom stereocenters. The van der Waals surface area contributed by atoms with Gasteiger partial charge in [0, 0.05) is 23.7 Å². The number of carboxylic acids is 1. The molecule has 0 spiro atoms. The maximum absolute atomic E-state index is 10.8. The van der Waals surface area contributed by atoms with Crippen LogP contribution in [0.2, 0.25) is 0 Å². The number of aliphatic carboxylic acids is 1. The lowest BCUT2D eigenvalue weighted by molar-refractivity contribution is -0.141. The van der Waals surface area contributed by atoms with Crippen molar-refractivity contribution in [3.05, 3.63) is 29.3 Å². The third-order valence-electron chi connectivity index (χ3n) is 3.18. The highest BCUT2D eigenvalue weighted by atomic mass is 16.4. The molecule has 4 N–H and O–H groups in total. The van der Waals surface area contributed by atoms with Gasteiger partial charge in [-0.25, -0.2) is 0 Å². The number of carbonyl (C=O) groups is 1. The fourth-order valence-corrected chi connectivity index (χ4v) is 2.18. The van der Waals surface area contributed by atoms with Gasteiger partial charge in [-0.05, 0) is 6.42 Å². The number of benzene rings is 1. The van der Waals surface area contributed by atoms with E-state index in [1.165, 1.54) is 0 Å². The van der Waals surface area contributed by atoms with E-state index in [0.717, 1.165) is 0 Å². The molecular formula is C12H15NO4. The van der Waals surface area contributed by atoms with Gasteiger partial charge in [-0.1, -0.05) is 18.2 Å². The van der Waals surface area contributed by atoms with Gasteiger partial charge in [-0.2, -0.15) is 0 Å². The molecule has 1 heterocycles. The zero-order chi connectivity index (χ0) is 12.4. The molecule has 1 aromatic carbocycles. The molecule has 1 saturated heterocycles. The summed E-state index contributed by atoms with van der Waals surface area (Å²) in [5, 5.41) is 31.0. The van der Waals surface area contributed by atoms with E-state index < -0.39 is 11.9 Å². The maximum Gasteiger partial charge on any atom is 0.307 e. The van der Waals surface area contributed by atoms with Crippen molar-refractivity contribution in [1.82, 2.24) is 5.32 Å². The molecule has 1 aliphatic heterocycles.